The number of ether oxygens (including phenoxy) is 3. The van der Waals surface area contributed by atoms with Crippen LogP contribution >= 0.6 is 46.4 Å². The standard InChI is InChI=1S/C46H40Cl2N2O5S.C32H34Cl2N2O7S/c1-56(53,54)38-24-14-17-33(27-38)28-41(45(52)55-31-32-15-6-2-7-16-32)49-44(51)42-40(47)29-34-30-50(26-25-39(34)43(42)48)46(35-18-8-3-9-19-35,36-20-10-4-11-21-36)37-22-12-5-13-23-37;1-32(2,3)43-31(39)36-14-13-24-22(18-36)17-25(33)27(28(24)34)29(37)35-26(30(38)42-19-20-9-6-5-7-10-20)16-21-11-8-12-23(15-21)44(4,40)41/h2-24,27,29,41H,25-26,28,30-31H2,1H3,(H,49,51);5-12,15,17,26H,13-14,16,18-19H2,1-4H3,(H,35,37)/t41-;26-/m00/s1. The third kappa shape index (κ3) is 18.0. The summed E-state index contributed by atoms with van der Waals surface area (Å²) in [4.78, 5) is 71.5. The molecule has 0 radical (unpaired) electrons. The van der Waals surface area contributed by atoms with Crippen molar-refractivity contribution in [2.24, 2.45) is 0 Å². The SMILES string of the molecule is CC(C)(C)OC(=O)N1CCc2c(cc(Cl)c(C(=O)N[C@@H](Cc3cccc(S(C)(=O)=O)c3)C(=O)OCc3ccccc3)c2Cl)C1.CS(=O)(=O)c1cccc(C[C@H](NC(=O)c2c(Cl)cc3c(c2Cl)CCN(C(c2ccccc2)(c2ccccc2)c2ccccc2)C3)C(=O)OCc2ccccc2)c1. The fraction of sp³-hybridized carbons (Fsp3) is 0.244. The lowest BCUT2D eigenvalue weighted by Gasteiger charge is -2.48. The summed E-state index contributed by atoms with van der Waals surface area (Å²) in [6.07, 6.45) is 2.56. The van der Waals surface area contributed by atoms with E-state index in [0.29, 0.717) is 54.7 Å². The Morgan fingerprint density at radius 2 is 0.830 bits per heavy atom. The van der Waals surface area contributed by atoms with Gasteiger partial charge in [-0.25, -0.2) is 31.2 Å². The number of nitrogens with one attached hydrogen (secondary N) is 2. The number of halogens is 4. The smallest absolute Gasteiger partial charge is 0.410 e. The first kappa shape index (κ1) is 73.9. The number of esters is 2. The van der Waals surface area contributed by atoms with Crippen LogP contribution in [0.2, 0.25) is 20.1 Å². The van der Waals surface area contributed by atoms with E-state index in [-0.39, 0.29) is 73.6 Å². The largest absolute Gasteiger partial charge is 0.459 e. The maximum atomic E-state index is 14.2. The Bertz CT molecular complexity index is 4610. The van der Waals surface area contributed by atoms with Crippen LogP contribution < -0.4 is 10.6 Å². The number of hydrogen-bond donors (Lipinski definition) is 2. The number of carbonyl (C=O) groups is 5. The molecule has 22 heteroatoms. The molecule has 16 nitrogen and oxygen atoms in total. The molecular formula is C78H74Cl4N4O12S2. The fourth-order valence-corrected chi connectivity index (χ4v) is 15.3. The van der Waals surface area contributed by atoms with Gasteiger partial charge in [-0.3, -0.25) is 14.5 Å². The van der Waals surface area contributed by atoms with Crippen LogP contribution in [0, 0.1) is 0 Å². The monoisotopic (exact) mass is 1460 g/mol. The molecule has 2 aliphatic rings. The van der Waals surface area contributed by atoms with Gasteiger partial charge in [-0.15, -0.1) is 0 Å². The average molecular weight is 1470 g/mol. The lowest BCUT2D eigenvalue weighted by molar-refractivity contribution is -0.148. The minimum absolute atomic E-state index is 0.0106. The Labute approximate surface area is 603 Å². The highest BCUT2D eigenvalue weighted by Gasteiger charge is 2.44. The van der Waals surface area contributed by atoms with Crippen LogP contribution in [0.25, 0.3) is 0 Å². The van der Waals surface area contributed by atoms with Gasteiger partial charge in [0, 0.05) is 51.5 Å². The molecule has 0 saturated carbocycles. The summed E-state index contributed by atoms with van der Waals surface area (Å²) < 4.78 is 65.5. The van der Waals surface area contributed by atoms with Crippen LogP contribution in [0.5, 0.6) is 0 Å². The number of hydrogen-bond acceptors (Lipinski definition) is 13. The van der Waals surface area contributed by atoms with E-state index in [9.17, 15) is 40.8 Å². The highest BCUT2D eigenvalue weighted by atomic mass is 35.5. The first-order valence-electron chi connectivity index (χ1n) is 32.2. The van der Waals surface area contributed by atoms with Crippen molar-refractivity contribution < 1.29 is 55.0 Å². The van der Waals surface area contributed by atoms with E-state index in [2.05, 4.69) is 88.3 Å². The van der Waals surface area contributed by atoms with Gasteiger partial charge in [-0.1, -0.05) is 222 Å². The number of benzene rings is 9. The number of nitrogens with zero attached hydrogens (tertiary/aromatic N) is 2. The third-order valence-electron chi connectivity index (χ3n) is 17.1. The molecule has 100 heavy (non-hydrogen) atoms. The summed E-state index contributed by atoms with van der Waals surface area (Å²) in [6, 6.07) is 63.0. The van der Waals surface area contributed by atoms with Crippen molar-refractivity contribution in [1.82, 2.24) is 20.4 Å². The van der Waals surface area contributed by atoms with Gasteiger partial charge in [0.05, 0.1) is 46.5 Å². The van der Waals surface area contributed by atoms with Crippen molar-refractivity contribution in [2.75, 3.05) is 25.6 Å². The topological polar surface area (TPSA) is 212 Å². The van der Waals surface area contributed by atoms with Crippen molar-refractivity contribution in [3.63, 3.8) is 0 Å². The normalized spacial score (nSPS) is 13.8. The van der Waals surface area contributed by atoms with E-state index in [1.165, 1.54) is 24.3 Å². The second-order valence-electron chi connectivity index (χ2n) is 25.5. The van der Waals surface area contributed by atoms with Crippen molar-refractivity contribution in [3.05, 3.63) is 305 Å². The minimum Gasteiger partial charge on any atom is -0.459 e. The zero-order valence-electron chi connectivity index (χ0n) is 55.6. The molecule has 2 atom stereocenters. The van der Waals surface area contributed by atoms with Gasteiger partial charge in [-0.05, 0) is 131 Å². The van der Waals surface area contributed by atoms with Crippen LogP contribution in [0.1, 0.15) is 103 Å². The summed E-state index contributed by atoms with van der Waals surface area (Å²) in [5.41, 5.74) is 7.70. The molecule has 0 spiro atoms. The lowest BCUT2D eigenvalue weighted by Crippen LogP contribution is -2.50. The Balaban J connectivity index is 0.000000223. The molecule has 0 saturated heterocycles. The predicted molar refractivity (Wildman–Crippen MR) is 388 cm³/mol. The van der Waals surface area contributed by atoms with Crippen molar-refractivity contribution in [2.45, 2.75) is 106 Å². The van der Waals surface area contributed by atoms with Crippen LogP contribution in [-0.2, 0) is 101 Å². The molecule has 9 aromatic carbocycles. The molecule has 0 bridgehead atoms. The van der Waals surface area contributed by atoms with Gasteiger partial charge in [0.15, 0.2) is 19.7 Å². The molecule has 518 valence electrons. The molecule has 3 amide bonds. The number of rotatable bonds is 20. The van der Waals surface area contributed by atoms with Gasteiger partial charge in [0.2, 0.25) is 0 Å². The Morgan fingerprint density at radius 1 is 0.470 bits per heavy atom. The average Bonchev–Trinajstić information content (AvgIpc) is 0.728. The van der Waals surface area contributed by atoms with Gasteiger partial charge in [-0.2, -0.15) is 0 Å². The van der Waals surface area contributed by atoms with E-state index in [1.807, 2.05) is 66.7 Å². The summed E-state index contributed by atoms with van der Waals surface area (Å²) in [6.45, 7) is 6.95. The second kappa shape index (κ2) is 32.2. The molecule has 0 fully saturated rings. The maximum absolute atomic E-state index is 14.2. The van der Waals surface area contributed by atoms with Gasteiger partial charge >= 0.3 is 18.0 Å². The maximum Gasteiger partial charge on any atom is 0.410 e. The van der Waals surface area contributed by atoms with Gasteiger partial charge < -0.3 is 29.7 Å². The van der Waals surface area contributed by atoms with E-state index in [1.54, 1.807) is 74.2 Å². The van der Waals surface area contributed by atoms with Crippen LogP contribution in [0.15, 0.2) is 222 Å². The third-order valence-corrected chi connectivity index (χ3v) is 20.8. The number of carbonyl (C=O) groups excluding carboxylic acids is 5. The minimum atomic E-state index is -3.52. The second-order valence-corrected chi connectivity index (χ2v) is 31.1. The molecule has 2 aliphatic heterocycles. The van der Waals surface area contributed by atoms with E-state index in [0.717, 1.165) is 51.5 Å². The molecule has 0 aliphatic carbocycles. The molecular weight excluding hydrogens is 1390 g/mol. The summed E-state index contributed by atoms with van der Waals surface area (Å²) in [5.74, 6) is -2.74. The van der Waals surface area contributed by atoms with Gasteiger partial charge in [0.25, 0.3) is 11.8 Å². The van der Waals surface area contributed by atoms with Crippen molar-refractivity contribution in [1.29, 1.82) is 0 Å². The van der Waals surface area contributed by atoms with Crippen molar-refractivity contribution >= 4 is 95.9 Å². The lowest BCUT2D eigenvalue weighted by atomic mass is 9.74. The first-order chi connectivity index (χ1) is 47.7. The summed E-state index contributed by atoms with van der Waals surface area (Å²) >= 11 is 27.4. The Hall–Kier alpha value is -8.85. The zero-order valence-corrected chi connectivity index (χ0v) is 60.2. The van der Waals surface area contributed by atoms with E-state index < -0.39 is 72.7 Å². The zero-order chi connectivity index (χ0) is 71.5. The molecule has 9 aromatic rings. The number of amides is 3. The highest BCUT2D eigenvalue weighted by Crippen LogP contribution is 2.46. The van der Waals surface area contributed by atoms with Crippen LogP contribution in [0.3, 0.4) is 0 Å². The first-order valence-corrected chi connectivity index (χ1v) is 37.5. The van der Waals surface area contributed by atoms with E-state index >= 15 is 0 Å². The van der Waals surface area contributed by atoms with Crippen LogP contribution in [-0.4, -0.2) is 99.8 Å². The number of sulfone groups is 2. The quantitative estimate of drug-likeness (QED) is 0.0413. The predicted octanol–water partition coefficient (Wildman–Crippen LogP) is 14.6. The Kier molecular flexibility index (Phi) is 23.8. The van der Waals surface area contributed by atoms with E-state index in [4.69, 9.17) is 60.6 Å². The van der Waals surface area contributed by atoms with Gasteiger partial charge in [0.1, 0.15) is 30.9 Å². The molecule has 0 unspecified atom stereocenters. The number of fused-ring (bicyclic) bond motifs is 2. The molecule has 2 heterocycles. The highest BCUT2D eigenvalue weighted by molar-refractivity contribution is 7.91. The van der Waals surface area contributed by atoms with Crippen LogP contribution in [0.4, 0.5) is 4.79 Å². The summed E-state index contributed by atoms with van der Waals surface area (Å²) in [5, 5.41) is 6.07. The summed E-state index contributed by atoms with van der Waals surface area (Å²) in [7, 11) is -7.02. The van der Waals surface area contributed by atoms with Crippen molar-refractivity contribution in [3.8, 4) is 0 Å². The molecule has 0 aromatic heterocycles. The molecule has 11 rings (SSSR count). The molecule has 2 N–H and O–H groups in total. The fourth-order valence-electron chi connectivity index (χ4n) is 12.4. The Morgan fingerprint density at radius 3 is 1.21 bits per heavy atom.